The largest absolute Gasteiger partial charge is 0.370 e. The molecule has 3 rings (SSSR count). The van der Waals surface area contributed by atoms with Crippen LogP contribution in [-0.4, -0.2) is 28.5 Å². The van der Waals surface area contributed by atoms with Gasteiger partial charge in [0.15, 0.2) is 0 Å². The van der Waals surface area contributed by atoms with Gasteiger partial charge in [-0.05, 0) is 51.2 Å². The molecule has 0 saturated carbocycles. The van der Waals surface area contributed by atoms with Crippen LogP contribution in [-0.2, 0) is 19.4 Å². The summed E-state index contributed by atoms with van der Waals surface area (Å²) < 4.78 is 0. The van der Waals surface area contributed by atoms with Gasteiger partial charge >= 0.3 is 0 Å². The van der Waals surface area contributed by atoms with Crippen molar-refractivity contribution in [2.45, 2.75) is 52.1 Å². The zero-order chi connectivity index (χ0) is 12.8. The molecule has 0 amide bonds. The van der Waals surface area contributed by atoms with E-state index >= 15 is 0 Å². The van der Waals surface area contributed by atoms with Crippen molar-refractivity contribution in [1.29, 1.82) is 0 Å². The predicted molar refractivity (Wildman–Crippen MR) is 74.9 cm³/mol. The Bertz CT molecular complexity index is 460. The van der Waals surface area contributed by atoms with E-state index in [0.29, 0.717) is 0 Å². The number of hydrogen-bond acceptors (Lipinski definition) is 3. The van der Waals surface area contributed by atoms with Crippen molar-refractivity contribution >= 4 is 5.82 Å². The number of aromatic nitrogens is 1. The van der Waals surface area contributed by atoms with Gasteiger partial charge in [-0.3, -0.25) is 4.90 Å². The molecule has 0 fully saturated rings. The maximum absolute atomic E-state index is 4.86. The van der Waals surface area contributed by atoms with Gasteiger partial charge in [-0.2, -0.15) is 0 Å². The van der Waals surface area contributed by atoms with Crippen molar-refractivity contribution in [3.63, 3.8) is 0 Å². The second-order valence-electron chi connectivity index (χ2n) is 6.47. The van der Waals surface area contributed by atoms with E-state index in [2.05, 4.69) is 37.1 Å². The van der Waals surface area contributed by atoms with Crippen molar-refractivity contribution in [2.75, 3.05) is 18.4 Å². The number of hydrogen-bond donors (Lipinski definition) is 1. The third-order valence-corrected chi connectivity index (χ3v) is 4.13. The number of fused-ring (bicyclic) bond motifs is 2. The molecule has 98 valence electrons. The summed E-state index contributed by atoms with van der Waals surface area (Å²) >= 11 is 0. The van der Waals surface area contributed by atoms with Crippen LogP contribution in [0.25, 0.3) is 0 Å². The Balaban J connectivity index is 1.91. The monoisotopic (exact) mass is 245 g/mol. The van der Waals surface area contributed by atoms with Gasteiger partial charge in [-0.15, -0.1) is 0 Å². The minimum Gasteiger partial charge on any atom is -0.370 e. The van der Waals surface area contributed by atoms with Gasteiger partial charge in [0, 0.05) is 25.2 Å². The fraction of sp³-hybridized carbons (Fsp3) is 0.667. The van der Waals surface area contributed by atoms with E-state index in [4.69, 9.17) is 4.98 Å². The van der Waals surface area contributed by atoms with Gasteiger partial charge in [0.05, 0.1) is 5.69 Å². The molecule has 18 heavy (non-hydrogen) atoms. The second kappa shape index (κ2) is 4.23. The van der Waals surface area contributed by atoms with Crippen LogP contribution in [0, 0.1) is 0 Å². The minimum atomic E-state index is 0.239. The Morgan fingerprint density at radius 1 is 1.22 bits per heavy atom. The topological polar surface area (TPSA) is 28.2 Å². The van der Waals surface area contributed by atoms with E-state index < -0.39 is 0 Å². The summed E-state index contributed by atoms with van der Waals surface area (Å²) in [6.45, 7) is 10.1. The molecule has 1 aromatic rings. The van der Waals surface area contributed by atoms with Crippen LogP contribution in [0.4, 0.5) is 5.82 Å². The maximum Gasteiger partial charge on any atom is 0.129 e. The summed E-state index contributed by atoms with van der Waals surface area (Å²) in [5.41, 5.74) is 4.41. The standard InChI is InChI=1S/C15H23N3/c1-15(2,3)18-8-6-11-9-12-5-4-7-16-14(12)17-13(11)10-18/h9H,4-8,10H2,1-3H3,(H,16,17). The van der Waals surface area contributed by atoms with Crippen LogP contribution in [0.15, 0.2) is 6.07 Å². The third kappa shape index (κ3) is 2.12. The van der Waals surface area contributed by atoms with Crippen molar-refractivity contribution < 1.29 is 0 Å². The maximum atomic E-state index is 4.86. The Morgan fingerprint density at radius 3 is 2.83 bits per heavy atom. The number of nitrogens with one attached hydrogen (secondary N) is 1. The minimum absolute atomic E-state index is 0.239. The first-order valence-electron chi connectivity index (χ1n) is 7.04. The molecular weight excluding hydrogens is 222 g/mol. The number of anilines is 1. The molecule has 0 aromatic carbocycles. The molecule has 3 heteroatoms. The molecule has 0 saturated heterocycles. The second-order valence-corrected chi connectivity index (χ2v) is 6.47. The quantitative estimate of drug-likeness (QED) is 0.761. The van der Waals surface area contributed by atoms with E-state index in [9.17, 15) is 0 Å². The van der Waals surface area contributed by atoms with Gasteiger partial charge in [-0.25, -0.2) is 4.98 Å². The number of rotatable bonds is 0. The van der Waals surface area contributed by atoms with E-state index in [1.807, 2.05) is 0 Å². The van der Waals surface area contributed by atoms with Crippen molar-refractivity contribution in [1.82, 2.24) is 9.88 Å². The smallest absolute Gasteiger partial charge is 0.129 e. The van der Waals surface area contributed by atoms with Crippen molar-refractivity contribution in [3.8, 4) is 0 Å². The van der Waals surface area contributed by atoms with Crippen LogP contribution >= 0.6 is 0 Å². The lowest BCUT2D eigenvalue weighted by molar-refractivity contribution is 0.118. The van der Waals surface area contributed by atoms with Crippen LogP contribution in [0.3, 0.4) is 0 Å². The van der Waals surface area contributed by atoms with Gasteiger partial charge < -0.3 is 5.32 Å². The zero-order valence-corrected chi connectivity index (χ0v) is 11.7. The Labute approximate surface area is 110 Å². The molecule has 2 aliphatic heterocycles. The van der Waals surface area contributed by atoms with Crippen LogP contribution in [0.5, 0.6) is 0 Å². The molecule has 0 radical (unpaired) electrons. The molecule has 0 bridgehead atoms. The van der Waals surface area contributed by atoms with Crippen LogP contribution in [0.2, 0.25) is 0 Å². The van der Waals surface area contributed by atoms with E-state index in [-0.39, 0.29) is 5.54 Å². The Morgan fingerprint density at radius 2 is 2.06 bits per heavy atom. The van der Waals surface area contributed by atoms with E-state index in [1.165, 1.54) is 29.7 Å². The molecule has 0 spiro atoms. The van der Waals surface area contributed by atoms with Crippen molar-refractivity contribution in [2.24, 2.45) is 0 Å². The third-order valence-electron chi connectivity index (χ3n) is 4.13. The molecular formula is C15H23N3. The fourth-order valence-corrected chi connectivity index (χ4v) is 2.91. The highest BCUT2D eigenvalue weighted by Crippen LogP contribution is 2.28. The molecule has 3 heterocycles. The number of pyridine rings is 1. The van der Waals surface area contributed by atoms with Crippen LogP contribution < -0.4 is 5.32 Å². The number of nitrogens with zero attached hydrogens (tertiary/aromatic N) is 2. The van der Waals surface area contributed by atoms with E-state index in [0.717, 1.165) is 31.9 Å². The Hall–Kier alpha value is -1.09. The average molecular weight is 245 g/mol. The van der Waals surface area contributed by atoms with Gasteiger partial charge in [0.2, 0.25) is 0 Å². The molecule has 1 aromatic heterocycles. The molecule has 0 aliphatic carbocycles. The summed E-state index contributed by atoms with van der Waals surface area (Å²) in [7, 11) is 0. The first-order valence-corrected chi connectivity index (χ1v) is 7.04. The Kier molecular flexibility index (Phi) is 2.81. The average Bonchev–Trinajstić information content (AvgIpc) is 2.34. The fourth-order valence-electron chi connectivity index (χ4n) is 2.91. The number of aryl methyl sites for hydroxylation is 1. The molecule has 3 nitrogen and oxygen atoms in total. The highest BCUT2D eigenvalue weighted by Gasteiger charge is 2.27. The molecule has 0 unspecified atom stereocenters. The normalized spacial score (nSPS) is 19.9. The summed E-state index contributed by atoms with van der Waals surface area (Å²) in [4.78, 5) is 7.39. The lowest BCUT2D eigenvalue weighted by atomic mass is 9.95. The lowest BCUT2D eigenvalue weighted by Gasteiger charge is -2.39. The SMILES string of the molecule is CC(C)(C)N1CCc2cc3c(nc2C1)NCCC3. The highest BCUT2D eigenvalue weighted by atomic mass is 15.2. The summed E-state index contributed by atoms with van der Waals surface area (Å²) in [5.74, 6) is 1.13. The first kappa shape index (κ1) is 12.0. The highest BCUT2D eigenvalue weighted by molar-refractivity contribution is 5.50. The van der Waals surface area contributed by atoms with Crippen LogP contribution in [0.1, 0.15) is 44.0 Å². The van der Waals surface area contributed by atoms with Gasteiger partial charge in [0.25, 0.3) is 0 Å². The summed E-state index contributed by atoms with van der Waals surface area (Å²) in [6, 6.07) is 2.39. The zero-order valence-electron chi connectivity index (χ0n) is 11.7. The first-order chi connectivity index (χ1) is 8.54. The van der Waals surface area contributed by atoms with Crippen molar-refractivity contribution in [3.05, 3.63) is 22.9 Å². The van der Waals surface area contributed by atoms with Gasteiger partial charge in [-0.1, -0.05) is 6.07 Å². The predicted octanol–water partition coefficient (Wildman–Crippen LogP) is 2.60. The lowest BCUT2D eigenvalue weighted by Crippen LogP contribution is -2.44. The van der Waals surface area contributed by atoms with E-state index in [1.54, 1.807) is 0 Å². The molecule has 0 atom stereocenters. The van der Waals surface area contributed by atoms with Gasteiger partial charge in [0.1, 0.15) is 5.82 Å². The summed E-state index contributed by atoms with van der Waals surface area (Å²) in [6.07, 6.45) is 3.57. The summed E-state index contributed by atoms with van der Waals surface area (Å²) in [5, 5.41) is 3.44. The molecule has 1 N–H and O–H groups in total. The molecule has 2 aliphatic rings.